The van der Waals surface area contributed by atoms with E-state index in [-0.39, 0.29) is 5.41 Å². The number of rotatable bonds is 7. The molecular weight excluding hydrogens is 226 g/mol. The molecule has 0 saturated carbocycles. The summed E-state index contributed by atoms with van der Waals surface area (Å²) < 4.78 is 5.43. The van der Waals surface area contributed by atoms with Gasteiger partial charge < -0.3 is 15.4 Å². The molecule has 0 bridgehead atoms. The van der Waals surface area contributed by atoms with E-state index < -0.39 is 0 Å². The topological polar surface area (TPSA) is 62.3 Å². The van der Waals surface area contributed by atoms with Crippen LogP contribution in [0.1, 0.15) is 46.0 Å². The number of piperidine rings is 1. The van der Waals surface area contributed by atoms with Gasteiger partial charge in [0.2, 0.25) is 0 Å². The predicted octanol–water partition coefficient (Wildman–Crippen LogP) is 2.23. The molecule has 18 heavy (non-hydrogen) atoms. The number of nitrogens with two attached hydrogens (primary N) is 1. The van der Waals surface area contributed by atoms with Gasteiger partial charge in [-0.05, 0) is 38.8 Å². The third-order valence-electron chi connectivity index (χ3n) is 4.05. The predicted molar refractivity (Wildman–Crippen MR) is 76.0 cm³/mol. The second kappa shape index (κ2) is 7.10. The van der Waals surface area contributed by atoms with Gasteiger partial charge in [0.15, 0.2) is 0 Å². The van der Waals surface area contributed by atoms with E-state index in [9.17, 15) is 0 Å². The molecule has 4 heteroatoms. The van der Waals surface area contributed by atoms with Gasteiger partial charge in [-0.15, -0.1) is 0 Å². The van der Waals surface area contributed by atoms with Crippen molar-refractivity contribution in [1.82, 2.24) is 4.90 Å². The minimum absolute atomic E-state index is 0.142. The summed E-state index contributed by atoms with van der Waals surface area (Å²) in [7, 11) is 1.81. The molecule has 1 atom stereocenters. The summed E-state index contributed by atoms with van der Waals surface area (Å²) in [4.78, 5) is 2.50. The summed E-state index contributed by atoms with van der Waals surface area (Å²) in [5.41, 5.74) is 5.45. The standard InChI is InChI=1S/C14H29N3O/c1-14(2,13(15)16)8-4-5-9-17-10-6-7-12(11-17)18-3/h12H,4-11H2,1-3H3,(H3,15,16). The highest BCUT2D eigenvalue weighted by Gasteiger charge is 2.22. The lowest BCUT2D eigenvalue weighted by Gasteiger charge is -2.32. The minimum atomic E-state index is -0.142. The molecule has 1 rings (SSSR count). The van der Waals surface area contributed by atoms with Crippen molar-refractivity contribution in [3.8, 4) is 0 Å². The maximum Gasteiger partial charge on any atom is 0.0963 e. The number of unbranched alkanes of at least 4 members (excludes halogenated alkanes) is 1. The Bertz CT molecular complexity index is 266. The molecule has 1 aliphatic rings. The molecule has 106 valence electrons. The number of hydrogen-bond acceptors (Lipinski definition) is 3. The smallest absolute Gasteiger partial charge is 0.0963 e. The molecule has 3 N–H and O–H groups in total. The van der Waals surface area contributed by atoms with E-state index in [1.54, 1.807) is 0 Å². The highest BCUT2D eigenvalue weighted by Crippen LogP contribution is 2.23. The zero-order valence-electron chi connectivity index (χ0n) is 12.2. The van der Waals surface area contributed by atoms with Gasteiger partial charge >= 0.3 is 0 Å². The van der Waals surface area contributed by atoms with Crippen LogP contribution in [0.5, 0.6) is 0 Å². The van der Waals surface area contributed by atoms with Crippen molar-refractivity contribution in [3.63, 3.8) is 0 Å². The van der Waals surface area contributed by atoms with E-state index in [0.717, 1.165) is 25.9 Å². The Morgan fingerprint density at radius 3 is 2.78 bits per heavy atom. The SMILES string of the molecule is COC1CCCN(CCCCC(C)(C)C(=N)N)C1. The molecule has 0 aliphatic carbocycles. The van der Waals surface area contributed by atoms with Gasteiger partial charge in [0.1, 0.15) is 0 Å². The molecule has 1 fully saturated rings. The Labute approximate surface area is 111 Å². The molecule has 0 aromatic rings. The highest BCUT2D eigenvalue weighted by atomic mass is 16.5. The number of likely N-dealkylation sites (tertiary alicyclic amines) is 1. The highest BCUT2D eigenvalue weighted by molar-refractivity contribution is 5.82. The summed E-state index contributed by atoms with van der Waals surface area (Å²) in [5, 5.41) is 7.53. The lowest BCUT2D eigenvalue weighted by Crippen LogP contribution is -2.39. The molecular formula is C14H29N3O. The molecule has 4 nitrogen and oxygen atoms in total. The first-order valence-electron chi connectivity index (χ1n) is 7.05. The third kappa shape index (κ3) is 4.94. The number of methoxy groups -OCH3 is 1. The van der Waals surface area contributed by atoms with Crippen LogP contribution in [-0.2, 0) is 4.74 Å². The lowest BCUT2D eigenvalue weighted by molar-refractivity contribution is 0.0307. The summed E-state index contributed by atoms with van der Waals surface area (Å²) >= 11 is 0. The lowest BCUT2D eigenvalue weighted by atomic mass is 9.86. The second-order valence-corrected chi connectivity index (χ2v) is 6.06. The zero-order chi connectivity index (χ0) is 13.6. The van der Waals surface area contributed by atoms with Gasteiger partial charge in [0, 0.05) is 19.1 Å². The Morgan fingerprint density at radius 1 is 1.44 bits per heavy atom. The normalized spacial score (nSPS) is 22.1. The van der Waals surface area contributed by atoms with E-state index in [1.807, 2.05) is 7.11 Å². The Hall–Kier alpha value is -0.610. The van der Waals surface area contributed by atoms with Crippen LogP contribution in [0.25, 0.3) is 0 Å². The molecule has 0 spiro atoms. The molecule has 1 unspecified atom stereocenters. The fourth-order valence-electron chi connectivity index (χ4n) is 2.45. The van der Waals surface area contributed by atoms with Crippen LogP contribution in [0.3, 0.4) is 0 Å². The average Bonchev–Trinajstić information content (AvgIpc) is 2.35. The monoisotopic (exact) mass is 255 g/mol. The minimum Gasteiger partial charge on any atom is -0.387 e. The van der Waals surface area contributed by atoms with E-state index in [4.69, 9.17) is 15.9 Å². The van der Waals surface area contributed by atoms with E-state index in [2.05, 4.69) is 18.7 Å². The van der Waals surface area contributed by atoms with Gasteiger partial charge in [0.25, 0.3) is 0 Å². The molecule has 1 saturated heterocycles. The first-order chi connectivity index (χ1) is 8.45. The largest absolute Gasteiger partial charge is 0.387 e. The number of nitrogens with zero attached hydrogens (tertiary/aromatic N) is 1. The van der Waals surface area contributed by atoms with Gasteiger partial charge in [-0.25, -0.2) is 0 Å². The van der Waals surface area contributed by atoms with Crippen molar-refractivity contribution in [2.24, 2.45) is 11.1 Å². The van der Waals surface area contributed by atoms with Gasteiger partial charge in [-0.1, -0.05) is 20.3 Å². The van der Waals surface area contributed by atoms with Crippen LogP contribution >= 0.6 is 0 Å². The number of ether oxygens (including phenoxy) is 1. The summed E-state index contributed by atoms with van der Waals surface area (Å²) in [6, 6.07) is 0. The van der Waals surface area contributed by atoms with Crippen molar-refractivity contribution in [2.45, 2.75) is 52.1 Å². The Balaban J connectivity index is 2.16. The maximum absolute atomic E-state index is 7.53. The number of hydrogen-bond donors (Lipinski definition) is 2. The molecule has 0 aromatic heterocycles. The second-order valence-electron chi connectivity index (χ2n) is 6.06. The number of nitrogens with one attached hydrogen (secondary N) is 1. The maximum atomic E-state index is 7.53. The van der Waals surface area contributed by atoms with E-state index >= 15 is 0 Å². The summed E-state index contributed by atoms with van der Waals surface area (Å²) in [6.07, 6.45) is 6.20. The van der Waals surface area contributed by atoms with Crippen molar-refractivity contribution in [2.75, 3.05) is 26.7 Å². The number of amidine groups is 1. The third-order valence-corrected chi connectivity index (χ3v) is 4.05. The molecule has 0 aromatic carbocycles. The van der Waals surface area contributed by atoms with Gasteiger partial charge in [-0.3, -0.25) is 5.41 Å². The average molecular weight is 255 g/mol. The van der Waals surface area contributed by atoms with Crippen molar-refractivity contribution in [3.05, 3.63) is 0 Å². The van der Waals surface area contributed by atoms with Gasteiger partial charge in [0.05, 0.1) is 11.9 Å². The fraction of sp³-hybridized carbons (Fsp3) is 0.929. The van der Waals surface area contributed by atoms with Crippen LogP contribution in [0.4, 0.5) is 0 Å². The summed E-state index contributed by atoms with van der Waals surface area (Å²) in [6.45, 7) is 7.53. The van der Waals surface area contributed by atoms with Crippen LogP contribution < -0.4 is 5.73 Å². The first kappa shape index (κ1) is 15.4. The Kier molecular flexibility index (Phi) is 6.09. The first-order valence-corrected chi connectivity index (χ1v) is 7.05. The van der Waals surface area contributed by atoms with E-state index in [1.165, 1.54) is 25.8 Å². The molecule has 0 amide bonds. The Morgan fingerprint density at radius 2 is 2.17 bits per heavy atom. The van der Waals surface area contributed by atoms with Crippen LogP contribution in [0.2, 0.25) is 0 Å². The van der Waals surface area contributed by atoms with Crippen LogP contribution in [0.15, 0.2) is 0 Å². The fourth-order valence-corrected chi connectivity index (χ4v) is 2.45. The van der Waals surface area contributed by atoms with Crippen molar-refractivity contribution in [1.29, 1.82) is 5.41 Å². The van der Waals surface area contributed by atoms with Crippen molar-refractivity contribution >= 4 is 5.84 Å². The molecule has 1 aliphatic heterocycles. The summed E-state index contributed by atoms with van der Waals surface area (Å²) in [5.74, 6) is 0.305. The zero-order valence-corrected chi connectivity index (χ0v) is 12.2. The quantitative estimate of drug-likeness (QED) is 0.416. The molecule has 1 heterocycles. The van der Waals surface area contributed by atoms with Crippen LogP contribution in [0, 0.1) is 10.8 Å². The van der Waals surface area contributed by atoms with Crippen LogP contribution in [-0.4, -0.2) is 43.6 Å². The van der Waals surface area contributed by atoms with Gasteiger partial charge in [-0.2, -0.15) is 0 Å². The molecule has 0 radical (unpaired) electrons. The van der Waals surface area contributed by atoms with Crippen molar-refractivity contribution < 1.29 is 4.74 Å². The van der Waals surface area contributed by atoms with E-state index in [0.29, 0.717) is 11.9 Å².